The third-order valence-electron chi connectivity index (χ3n) is 7.08. The van der Waals surface area contributed by atoms with Crippen molar-refractivity contribution in [2.24, 2.45) is 0 Å². The predicted octanol–water partition coefficient (Wildman–Crippen LogP) is 4.82. The fourth-order valence-corrected chi connectivity index (χ4v) is 5.73. The highest BCUT2D eigenvalue weighted by Crippen LogP contribution is 2.39. The minimum Gasteiger partial charge on any atom is -0.453 e. The molecule has 236 valence electrons. The van der Waals surface area contributed by atoms with Crippen LogP contribution < -0.4 is 20.7 Å². The number of anilines is 1. The number of amides is 5. The highest BCUT2D eigenvalue weighted by molar-refractivity contribution is 7.22. The van der Waals surface area contributed by atoms with Crippen LogP contribution in [0.4, 0.5) is 19.7 Å². The van der Waals surface area contributed by atoms with Crippen LogP contribution in [0.15, 0.2) is 54.9 Å². The van der Waals surface area contributed by atoms with Crippen LogP contribution >= 0.6 is 11.3 Å². The van der Waals surface area contributed by atoms with Crippen molar-refractivity contribution < 1.29 is 28.2 Å². The van der Waals surface area contributed by atoms with E-state index in [2.05, 4.69) is 25.9 Å². The van der Waals surface area contributed by atoms with E-state index in [1.54, 1.807) is 41.4 Å². The number of pyridine rings is 2. The number of hydrogen-bond acceptors (Lipinski definition) is 8. The lowest BCUT2D eigenvalue weighted by Gasteiger charge is -2.39. The highest BCUT2D eigenvalue weighted by Gasteiger charge is 2.31. The molecule has 0 atom stereocenters. The molecule has 3 aromatic heterocycles. The Morgan fingerprint density at radius 3 is 2.62 bits per heavy atom. The lowest BCUT2D eigenvalue weighted by atomic mass is 10.1. The average Bonchev–Trinajstić information content (AvgIpc) is 3.44. The summed E-state index contributed by atoms with van der Waals surface area (Å²) >= 11 is 1.42. The number of urea groups is 2. The first kappa shape index (κ1) is 31.6. The molecule has 1 fully saturated rings. The Labute approximate surface area is 263 Å². The largest absolute Gasteiger partial charge is 0.453 e. The average molecular weight is 636 g/mol. The van der Waals surface area contributed by atoms with E-state index in [9.17, 15) is 14.4 Å². The van der Waals surface area contributed by atoms with Crippen molar-refractivity contribution in [3.05, 3.63) is 66.2 Å². The van der Waals surface area contributed by atoms with Crippen molar-refractivity contribution in [3.63, 3.8) is 0 Å². The maximum atomic E-state index is 15.1. The van der Waals surface area contributed by atoms with Crippen molar-refractivity contribution in [1.29, 1.82) is 0 Å². The number of aromatic nitrogens is 2. The van der Waals surface area contributed by atoms with Crippen LogP contribution in [0, 0.1) is 5.82 Å². The van der Waals surface area contributed by atoms with Gasteiger partial charge in [-0.2, -0.15) is 0 Å². The molecule has 14 heteroatoms. The molecule has 0 saturated carbocycles. The van der Waals surface area contributed by atoms with Gasteiger partial charge < -0.3 is 35.2 Å². The van der Waals surface area contributed by atoms with Gasteiger partial charge in [-0.1, -0.05) is 6.07 Å². The number of rotatable bonds is 11. The molecule has 0 bridgehead atoms. The summed E-state index contributed by atoms with van der Waals surface area (Å²) in [5.41, 5.74) is 2.57. The molecule has 0 radical (unpaired) electrons. The predicted molar refractivity (Wildman–Crippen MR) is 169 cm³/mol. The van der Waals surface area contributed by atoms with Gasteiger partial charge in [-0.25, -0.2) is 14.0 Å². The first-order valence-electron chi connectivity index (χ1n) is 14.4. The number of carbonyl (C=O) groups is 3. The van der Waals surface area contributed by atoms with Crippen LogP contribution in [0.1, 0.15) is 19.4 Å². The van der Waals surface area contributed by atoms with Crippen LogP contribution in [0.25, 0.3) is 20.8 Å². The number of nitrogens with one attached hydrogen (secondary N) is 3. The molecule has 5 rings (SSSR count). The number of ether oxygens (including phenoxy) is 2. The van der Waals surface area contributed by atoms with Gasteiger partial charge in [0, 0.05) is 77.0 Å². The monoisotopic (exact) mass is 635 g/mol. The van der Waals surface area contributed by atoms with Gasteiger partial charge in [0.25, 0.3) is 0 Å². The standard InChI is InChI=1S/C31H34FN7O5S/c1-4-33-31(42)39-17-22(18-39)37-30(41)36-21-6-8-26(23(32)13-21)44-27-9-10-34-25-14-28(45-29(25)27)24-7-5-20(15-35-24)16-38(19(2)40)11-12-43-3/h5-10,13-15,22H,4,11-12,16-18H2,1-3H3,(H,33,42)(H2,36,37,41). The van der Waals surface area contributed by atoms with E-state index in [1.807, 2.05) is 25.1 Å². The number of hydrogen-bond donors (Lipinski definition) is 3. The quantitative estimate of drug-likeness (QED) is 0.215. The summed E-state index contributed by atoms with van der Waals surface area (Å²) in [5, 5.41) is 8.09. The number of fused-ring (bicyclic) bond motifs is 1. The molecular formula is C31H34FN7O5S. The van der Waals surface area contributed by atoms with Crippen LogP contribution in [0.2, 0.25) is 0 Å². The summed E-state index contributed by atoms with van der Waals surface area (Å²) in [7, 11) is 1.60. The number of nitrogens with zero attached hydrogens (tertiary/aromatic N) is 4. The zero-order valence-corrected chi connectivity index (χ0v) is 25.9. The SMILES string of the molecule is CCNC(=O)N1CC(NC(=O)Nc2ccc(Oc3ccnc4cc(-c5ccc(CN(CCOC)C(C)=O)cn5)sc34)c(F)c2)C1. The molecule has 12 nitrogen and oxygen atoms in total. The summed E-state index contributed by atoms with van der Waals surface area (Å²) in [6, 6.07) is 10.7. The fourth-order valence-electron chi connectivity index (χ4n) is 4.69. The summed E-state index contributed by atoms with van der Waals surface area (Å²) < 4.78 is 26.8. The molecular weight excluding hydrogens is 601 g/mol. The highest BCUT2D eigenvalue weighted by atomic mass is 32.1. The van der Waals surface area contributed by atoms with E-state index in [0.29, 0.717) is 50.6 Å². The lowest BCUT2D eigenvalue weighted by Crippen LogP contribution is -2.63. The minimum absolute atomic E-state index is 0.00837. The van der Waals surface area contributed by atoms with Crippen molar-refractivity contribution >= 4 is 45.2 Å². The van der Waals surface area contributed by atoms with Crippen LogP contribution in [0.3, 0.4) is 0 Å². The van der Waals surface area contributed by atoms with Crippen LogP contribution in [-0.2, 0) is 16.1 Å². The number of thiophene rings is 1. The molecule has 1 saturated heterocycles. The lowest BCUT2D eigenvalue weighted by molar-refractivity contribution is -0.130. The van der Waals surface area contributed by atoms with Gasteiger partial charge in [0.1, 0.15) is 5.75 Å². The Morgan fingerprint density at radius 1 is 1.11 bits per heavy atom. The maximum absolute atomic E-state index is 15.1. The Balaban J connectivity index is 1.21. The number of carbonyl (C=O) groups excluding carboxylic acids is 3. The minimum atomic E-state index is -0.650. The van der Waals surface area contributed by atoms with Gasteiger partial charge in [0.05, 0.1) is 33.4 Å². The third kappa shape index (κ3) is 7.83. The zero-order valence-electron chi connectivity index (χ0n) is 25.1. The van der Waals surface area contributed by atoms with E-state index >= 15 is 4.39 Å². The van der Waals surface area contributed by atoms with Gasteiger partial charge in [0.2, 0.25) is 5.91 Å². The molecule has 1 aliphatic rings. The van der Waals surface area contributed by atoms with Gasteiger partial charge in [-0.3, -0.25) is 14.8 Å². The molecule has 45 heavy (non-hydrogen) atoms. The molecule has 3 N–H and O–H groups in total. The molecule has 4 aromatic rings. The fraction of sp³-hybridized carbons (Fsp3) is 0.323. The topological polar surface area (TPSA) is 138 Å². The van der Waals surface area contributed by atoms with E-state index in [1.165, 1.54) is 30.4 Å². The molecule has 5 amide bonds. The smallest absolute Gasteiger partial charge is 0.319 e. The number of likely N-dealkylation sites (tertiary alicyclic amines) is 1. The molecule has 4 heterocycles. The molecule has 0 spiro atoms. The molecule has 0 aliphatic carbocycles. The van der Waals surface area contributed by atoms with E-state index in [4.69, 9.17) is 9.47 Å². The van der Waals surface area contributed by atoms with E-state index < -0.39 is 11.8 Å². The number of methoxy groups -OCH3 is 1. The Kier molecular flexibility index (Phi) is 10.0. The maximum Gasteiger partial charge on any atom is 0.319 e. The third-order valence-corrected chi connectivity index (χ3v) is 8.24. The van der Waals surface area contributed by atoms with Gasteiger partial charge in [-0.05, 0) is 36.8 Å². The normalized spacial score (nSPS) is 12.8. The van der Waals surface area contributed by atoms with Gasteiger partial charge >= 0.3 is 12.1 Å². The van der Waals surface area contributed by atoms with Crippen molar-refractivity contribution in [3.8, 4) is 22.1 Å². The first-order chi connectivity index (χ1) is 21.7. The van der Waals surface area contributed by atoms with Crippen LogP contribution in [0.5, 0.6) is 11.5 Å². The van der Waals surface area contributed by atoms with Crippen LogP contribution in [-0.4, -0.2) is 83.7 Å². The Morgan fingerprint density at radius 2 is 1.93 bits per heavy atom. The zero-order chi connectivity index (χ0) is 31.9. The second kappa shape index (κ2) is 14.3. The van der Waals surface area contributed by atoms with E-state index in [-0.39, 0.29) is 29.4 Å². The van der Waals surface area contributed by atoms with Gasteiger partial charge in [-0.15, -0.1) is 11.3 Å². The van der Waals surface area contributed by atoms with Crippen molar-refractivity contribution in [2.75, 3.05) is 45.2 Å². The number of halogens is 1. The second-order valence-electron chi connectivity index (χ2n) is 10.4. The summed E-state index contributed by atoms with van der Waals surface area (Å²) in [6.45, 7) is 6.09. The first-order valence-corrected chi connectivity index (χ1v) is 15.2. The molecule has 1 aromatic carbocycles. The summed E-state index contributed by atoms with van der Waals surface area (Å²) in [4.78, 5) is 49.3. The molecule has 1 aliphatic heterocycles. The molecule has 0 unspecified atom stereocenters. The van der Waals surface area contributed by atoms with Crippen molar-refractivity contribution in [1.82, 2.24) is 30.4 Å². The van der Waals surface area contributed by atoms with Gasteiger partial charge in [0.15, 0.2) is 11.6 Å². The second-order valence-corrected chi connectivity index (χ2v) is 11.5. The summed E-state index contributed by atoms with van der Waals surface area (Å²) in [5.74, 6) is -0.265. The number of benzene rings is 1. The Bertz CT molecular complexity index is 1680. The van der Waals surface area contributed by atoms with E-state index in [0.717, 1.165) is 20.8 Å². The Hall–Kier alpha value is -4.82. The van der Waals surface area contributed by atoms with Crippen molar-refractivity contribution in [2.45, 2.75) is 26.4 Å². The summed E-state index contributed by atoms with van der Waals surface area (Å²) in [6.07, 6.45) is 3.33.